The first-order valence-corrected chi connectivity index (χ1v) is 10.0. The average molecular weight is 409 g/mol. The molecule has 0 saturated heterocycles. The number of sulfonamides is 1. The van der Waals surface area contributed by atoms with Crippen molar-refractivity contribution in [3.05, 3.63) is 95.3 Å². The number of nitrogens with zero attached hydrogens (tertiary/aromatic N) is 1. The van der Waals surface area contributed by atoms with Gasteiger partial charge in [-0.1, -0.05) is 24.3 Å². The number of rotatable bonds is 6. The topological polar surface area (TPSA) is 99.1 Å². The summed E-state index contributed by atoms with van der Waals surface area (Å²) < 4.78 is 40.5. The molecule has 3 aromatic carbocycles. The summed E-state index contributed by atoms with van der Waals surface area (Å²) in [5, 5.41) is 11.5. The number of para-hydroxylation sites is 1. The third-order valence-corrected chi connectivity index (χ3v) is 5.46. The van der Waals surface area contributed by atoms with E-state index in [9.17, 15) is 17.6 Å². The van der Waals surface area contributed by atoms with Gasteiger partial charge in [-0.05, 0) is 54.1 Å². The van der Waals surface area contributed by atoms with Gasteiger partial charge in [0.15, 0.2) is 0 Å². The second-order valence-electron chi connectivity index (χ2n) is 6.10. The van der Waals surface area contributed by atoms with Gasteiger partial charge in [0, 0.05) is 6.54 Å². The molecular formula is C21H16FN3O3S. The van der Waals surface area contributed by atoms with Crippen LogP contribution < -0.4 is 10.0 Å². The van der Waals surface area contributed by atoms with Crippen LogP contribution in [0.15, 0.2) is 77.7 Å². The monoisotopic (exact) mass is 409 g/mol. The van der Waals surface area contributed by atoms with E-state index < -0.39 is 21.7 Å². The third kappa shape index (κ3) is 4.97. The fourth-order valence-electron chi connectivity index (χ4n) is 2.56. The highest BCUT2D eigenvalue weighted by Gasteiger charge is 2.18. The van der Waals surface area contributed by atoms with Gasteiger partial charge in [0.2, 0.25) is 0 Å². The van der Waals surface area contributed by atoms with Gasteiger partial charge in [-0.3, -0.25) is 9.52 Å². The van der Waals surface area contributed by atoms with Crippen LogP contribution in [0.25, 0.3) is 0 Å². The van der Waals surface area contributed by atoms with E-state index in [4.69, 9.17) is 5.26 Å². The first-order chi connectivity index (χ1) is 13.9. The number of carbonyl (C=O) groups is 1. The van der Waals surface area contributed by atoms with Crippen molar-refractivity contribution in [2.24, 2.45) is 0 Å². The molecule has 3 rings (SSSR count). The largest absolute Gasteiger partial charge is 0.348 e. The zero-order valence-electron chi connectivity index (χ0n) is 15.1. The van der Waals surface area contributed by atoms with Crippen LogP contribution in [-0.4, -0.2) is 14.3 Å². The fourth-order valence-corrected chi connectivity index (χ4v) is 3.64. The minimum Gasteiger partial charge on any atom is -0.348 e. The van der Waals surface area contributed by atoms with Crippen molar-refractivity contribution in [3.8, 4) is 6.07 Å². The molecule has 6 nitrogen and oxygen atoms in total. The van der Waals surface area contributed by atoms with Gasteiger partial charge in [0.05, 0.1) is 27.8 Å². The SMILES string of the molecule is N#Cc1ccc(CNC(=O)c2ccccc2NS(=O)(=O)c2ccc(F)cc2)cc1. The molecule has 0 radical (unpaired) electrons. The number of nitriles is 1. The molecule has 0 bridgehead atoms. The number of hydrogen-bond acceptors (Lipinski definition) is 4. The molecule has 29 heavy (non-hydrogen) atoms. The van der Waals surface area contributed by atoms with Crippen molar-refractivity contribution in [1.29, 1.82) is 5.26 Å². The first-order valence-electron chi connectivity index (χ1n) is 8.54. The lowest BCUT2D eigenvalue weighted by molar-refractivity contribution is 0.0952. The molecule has 1 amide bonds. The van der Waals surface area contributed by atoms with Gasteiger partial charge >= 0.3 is 0 Å². The molecule has 0 spiro atoms. The molecule has 8 heteroatoms. The Hall–Kier alpha value is -3.70. The fraction of sp³-hybridized carbons (Fsp3) is 0.0476. The van der Waals surface area contributed by atoms with Crippen LogP contribution in [0.3, 0.4) is 0 Å². The van der Waals surface area contributed by atoms with Gasteiger partial charge in [-0.15, -0.1) is 0 Å². The van der Waals surface area contributed by atoms with E-state index in [1.54, 1.807) is 36.4 Å². The Bertz CT molecular complexity index is 1170. The van der Waals surface area contributed by atoms with Gasteiger partial charge in [-0.2, -0.15) is 5.26 Å². The predicted octanol–water partition coefficient (Wildman–Crippen LogP) is 3.43. The summed E-state index contributed by atoms with van der Waals surface area (Å²) in [5.74, 6) is -1.02. The summed E-state index contributed by atoms with van der Waals surface area (Å²) in [4.78, 5) is 12.5. The number of amides is 1. The maximum absolute atomic E-state index is 13.1. The number of nitrogens with one attached hydrogen (secondary N) is 2. The van der Waals surface area contributed by atoms with Crippen molar-refractivity contribution < 1.29 is 17.6 Å². The molecule has 0 aliphatic rings. The highest BCUT2D eigenvalue weighted by Crippen LogP contribution is 2.20. The zero-order valence-corrected chi connectivity index (χ0v) is 15.9. The summed E-state index contributed by atoms with van der Waals surface area (Å²) in [6.07, 6.45) is 0. The molecule has 0 atom stereocenters. The van der Waals surface area contributed by atoms with E-state index in [1.165, 1.54) is 12.1 Å². The van der Waals surface area contributed by atoms with Crippen LogP contribution in [0.2, 0.25) is 0 Å². The summed E-state index contributed by atoms with van der Waals surface area (Å²) in [6.45, 7) is 0.212. The van der Waals surface area contributed by atoms with Crippen molar-refractivity contribution >= 4 is 21.6 Å². The molecule has 0 heterocycles. The zero-order chi connectivity index (χ0) is 20.9. The van der Waals surface area contributed by atoms with Crippen LogP contribution in [0.4, 0.5) is 10.1 Å². The lowest BCUT2D eigenvalue weighted by atomic mass is 10.1. The van der Waals surface area contributed by atoms with Gasteiger partial charge in [0.25, 0.3) is 15.9 Å². The van der Waals surface area contributed by atoms with E-state index in [0.717, 1.165) is 29.8 Å². The maximum atomic E-state index is 13.1. The Morgan fingerprint density at radius 2 is 1.62 bits per heavy atom. The van der Waals surface area contributed by atoms with E-state index in [1.807, 2.05) is 6.07 Å². The summed E-state index contributed by atoms with van der Waals surface area (Å²) in [6, 6.07) is 19.3. The molecule has 0 aliphatic heterocycles. The van der Waals surface area contributed by atoms with E-state index in [-0.39, 0.29) is 22.7 Å². The minimum absolute atomic E-state index is 0.106. The summed E-state index contributed by atoms with van der Waals surface area (Å²) >= 11 is 0. The van der Waals surface area contributed by atoms with Gasteiger partial charge < -0.3 is 5.32 Å². The highest BCUT2D eigenvalue weighted by molar-refractivity contribution is 7.92. The Morgan fingerprint density at radius 1 is 0.966 bits per heavy atom. The van der Waals surface area contributed by atoms with Gasteiger partial charge in [-0.25, -0.2) is 12.8 Å². The van der Waals surface area contributed by atoms with Crippen molar-refractivity contribution in [2.45, 2.75) is 11.4 Å². The lowest BCUT2D eigenvalue weighted by Gasteiger charge is -2.13. The second kappa shape index (κ2) is 8.54. The highest BCUT2D eigenvalue weighted by atomic mass is 32.2. The van der Waals surface area contributed by atoms with E-state index in [2.05, 4.69) is 10.0 Å². The van der Waals surface area contributed by atoms with E-state index in [0.29, 0.717) is 5.56 Å². The number of carbonyl (C=O) groups excluding carboxylic acids is 1. The quantitative estimate of drug-likeness (QED) is 0.652. The smallest absolute Gasteiger partial charge is 0.261 e. The molecule has 0 aromatic heterocycles. The molecule has 0 unspecified atom stereocenters. The van der Waals surface area contributed by atoms with Crippen molar-refractivity contribution in [2.75, 3.05) is 4.72 Å². The second-order valence-corrected chi connectivity index (χ2v) is 7.78. The lowest BCUT2D eigenvalue weighted by Crippen LogP contribution is -2.25. The number of anilines is 1. The molecular weight excluding hydrogens is 393 g/mol. The van der Waals surface area contributed by atoms with E-state index >= 15 is 0 Å². The third-order valence-electron chi connectivity index (χ3n) is 4.08. The summed E-state index contributed by atoms with van der Waals surface area (Å²) in [5.41, 5.74) is 1.56. The Morgan fingerprint density at radius 3 is 2.28 bits per heavy atom. The standard InChI is InChI=1S/C21H16FN3O3S/c22-17-9-11-18(12-10-17)29(27,28)25-20-4-2-1-3-19(20)21(26)24-14-16-7-5-15(13-23)6-8-16/h1-12,25H,14H2,(H,24,26). The van der Waals surface area contributed by atoms with Crippen LogP contribution in [-0.2, 0) is 16.6 Å². The van der Waals surface area contributed by atoms with Gasteiger partial charge in [0.1, 0.15) is 5.82 Å². The van der Waals surface area contributed by atoms with Crippen molar-refractivity contribution in [1.82, 2.24) is 5.32 Å². The van der Waals surface area contributed by atoms with Crippen LogP contribution in [0.1, 0.15) is 21.5 Å². The summed E-state index contributed by atoms with van der Waals surface area (Å²) in [7, 11) is -3.99. The predicted molar refractivity (Wildman–Crippen MR) is 106 cm³/mol. The first kappa shape index (κ1) is 20.0. The van der Waals surface area contributed by atoms with Crippen LogP contribution >= 0.6 is 0 Å². The molecule has 2 N–H and O–H groups in total. The normalized spacial score (nSPS) is 10.8. The van der Waals surface area contributed by atoms with Crippen LogP contribution in [0, 0.1) is 17.1 Å². The Kier molecular flexibility index (Phi) is 5.90. The van der Waals surface area contributed by atoms with Crippen molar-refractivity contribution in [3.63, 3.8) is 0 Å². The Balaban J connectivity index is 1.76. The molecule has 0 aliphatic carbocycles. The number of hydrogen-bond donors (Lipinski definition) is 2. The Labute approximate surface area is 167 Å². The average Bonchev–Trinajstić information content (AvgIpc) is 2.73. The molecule has 0 saturated carbocycles. The molecule has 3 aromatic rings. The van der Waals surface area contributed by atoms with Crippen LogP contribution in [0.5, 0.6) is 0 Å². The number of halogens is 1. The molecule has 0 fully saturated rings. The molecule has 146 valence electrons. The maximum Gasteiger partial charge on any atom is 0.261 e. The minimum atomic E-state index is -3.99. The number of benzene rings is 3.